The van der Waals surface area contributed by atoms with Gasteiger partial charge in [0.25, 0.3) is 0 Å². The fourth-order valence-electron chi connectivity index (χ4n) is 1.01. The van der Waals surface area contributed by atoms with Crippen LogP contribution >= 0.6 is 0 Å². The summed E-state index contributed by atoms with van der Waals surface area (Å²) in [5.74, 6) is 0.869. The normalized spacial score (nSPS) is 8.77. The van der Waals surface area contributed by atoms with Crippen LogP contribution in [0.15, 0.2) is 6.20 Å². The molecule has 0 spiro atoms. The number of aryl methyl sites for hydroxylation is 1. The standard InChI is InChI=1S/C9H13NO.C2H6/c1-6-7(2)9(11-4)5-10-8(6)3;1-2/h5H,1-4H3;1-2H3. The Morgan fingerprint density at radius 1 is 1.08 bits per heavy atom. The third-order valence-corrected chi connectivity index (χ3v) is 2.07. The molecule has 1 aromatic rings. The summed E-state index contributed by atoms with van der Waals surface area (Å²) in [6.45, 7) is 10.1. The highest BCUT2D eigenvalue weighted by atomic mass is 16.5. The molecule has 0 fully saturated rings. The van der Waals surface area contributed by atoms with Crippen LogP contribution < -0.4 is 4.74 Å². The number of ether oxygens (including phenoxy) is 1. The maximum atomic E-state index is 5.12. The average molecular weight is 181 g/mol. The van der Waals surface area contributed by atoms with Crippen molar-refractivity contribution in [2.24, 2.45) is 0 Å². The highest BCUT2D eigenvalue weighted by Gasteiger charge is 2.03. The molecule has 1 aromatic heterocycles. The summed E-state index contributed by atoms with van der Waals surface area (Å²) in [4.78, 5) is 4.19. The van der Waals surface area contributed by atoms with Crippen LogP contribution in [0, 0.1) is 20.8 Å². The van der Waals surface area contributed by atoms with Crippen molar-refractivity contribution in [3.63, 3.8) is 0 Å². The lowest BCUT2D eigenvalue weighted by Gasteiger charge is -2.07. The highest BCUT2D eigenvalue weighted by molar-refractivity contribution is 5.38. The maximum Gasteiger partial charge on any atom is 0.140 e. The van der Waals surface area contributed by atoms with Crippen molar-refractivity contribution >= 4 is 0 Å². The van der Waals surface area contributed by atoms with Gasteiger partial charge < -0.3 is 4.74 Å². The van der Waals surface area contributed by atoms with Gasteiger partial charge in [0.15, 0.2) is 0 Å². The van der Waals surface area contributed by atoms with Gasteiger partial charge in [0.05, 0.1) is 13.3 Å². The lowest BCUT2D eigenvalue weighted by molar-refractivity contribution is 0.409. The van der Waals surface area contributed by atoms with Crippen LogP contribution in [0.3, 0.4) is 0 Å². The van der Waals surface area contributed by atoms with E-state index in [0.29, 0.717) is 0 Å². The van der Waals surface area contributed by atoms with Crippen LogP contribution in [0.5, 0.6) is 5.75 Å². The lowest BCUT2D eigenvalue weighted by Crippen LogP contribution is -1.94. The van der Waals surface area contributed by atoms with E-state index in [1.54, 1.807) is 13.3 Å². The predicted octanol–water partition coefficient (Wildman–Crippen LogP) is 3.04. The lowest BCUT2D eigenvalue weighted by atomic mass is 10.1. The quantitative estimate of drug-likeness (QED) is 0.664. The second-order valence-corrected chi connectivity index (χ2v) is 2.66. The molecular weight excluding hydrogens is 162 g/mol. The molecule has 2 nitrogen and oxygen atoms in total. The number of pyridine rings is 1. The van der Waals surface area contributed by atoms with Gasteiger partial charge in [0, 0.05) is 5.69 Å². The molecule has 0 atom stereocenters. The van der Waals surface area contributed by atoms with Crippen LogP contribution in [0.25, 0.3) is 0 Å². The first-order valence-electron chi connectivity index (χ1n) is 4.63. The van der Waals surface area contributed by atoms with E-state index in [0.717, 1.165) is 11.4 Å². The molecule has 0 saturated heterocycles. The van der Waals surface area contributed by atoms with Gasteiger partial charge in [-0.3, -0.25) is 4.98 Å². The van der Waals surface area contributed by atoms with Gasteiger partial charge in [-0.15, -0.1) is 0 Å². The van der Waals surface area contributed by atoms with Crippen molar-refractivity contribution in [2.45, 2.75) is 34.6 Å². The Hall–Kier alpha value is -1.05. The van der Waals surface area contributed by atoms with Crippen LogP contribution in [-0.4, -0.2) is 12.1 Å². The molecule has 0 aliphatic heterocycles. The second kappa shape index (κ2) is 5.57. The molecule has 74 valence electrons. The summed E-state index contributed by atoms with van der Waals surface area (Å²) >= 11 is 0. The van der Waals surface area contributed by atoms with Crippen LogP contribution in [0.1, 0.15) is 30.7 Å². The zero-order valence-electron chi connectivity index (χ0n) is 9.43. The number of nitrogens with zero attached hydrogens (tertiary/aromatic N) is 1. The highest BCUT2D eigenvalue weighted by Crippen LogP contribution is 2.20. The fraction of sp³-hybridized carbons (Fsp3) is 0.545. The van der Waals surface area contributed by atoms with Gasteiger partial charge in [0.2, 0.25) is 0 Å². The Kier molecular flexibility index (Phi) is 5.12. The molecule has 0 radical (unpaired) electrons. The predicted molar refractivity (Wildman–Crippen MR) is 56.3 cm³/mol. The molecule has 0 saturated carbocycles. The third-order valence-electron chi connectivity index (χ3n) is 2.07. The topological polar surface area (TPSA) is 22.1 Å². The van der Waals surface area contributed by atoms with E-state index in [1.807, 2.05) is 27.7 Å². The summed E-state index contributed by atoms with van der Waals surface area (Å²) in [6, 6.07) is 0. The molecule has 0 amide bonds. The molecule has 13 heavy (non-hydrogen) atoms. The van der Waals surface area contributed by atoms with E-state index in [-0.39, 0.29) is 0 Å². The number of hydrogen-bond donors (Lipinski definition) is 0. The SMILES string of the molecule is CC.COc1cnc(C)c(C)c1C. The van der Waals surface area contributed by atoms with Crippen molar-refractivity contribution < 1.29 is 4.74 Å². The molecule has 0 aliphatic carbocycles. The van der Waals surface area contributed by atoms with Crippen molar-refractivity contribution in [3.05, 3.63) is 23.0 Å². The van der Waals surface area contributed by atoms with Gasteiger partial charge in [-0.05, 0) is 31.9 Å². The number of aromatic nitrogens is 1. The van der Waals surface area contributed by atoms with Gasteiger partial charge in [-0.2, -0.15) is 0 Å². The molecule has 1 rings (SSSR count). The van der Waals surface area contributed by atoms with E-state index in [2.05, 4.69) is 11.9 Å². The first-order valence-corrected chi connectivity index (χ1v) is 4.63. The van der Waals surface area contributed by atoms with Gasteiger partial charge in [-0.25, -0.2) is 0 Å². The zero-order valence-corrected chi connectivity index (χ0v) is 9.43. The van der Waals surface area contributed by atoms with Crippen molar-refractivity contribution in [3.8, 4) is 5.75 Å². The summed E-state index contributed by atoms with van der Waals surface area (Å²) in [7, 11) is 1.67. The van der Waals surface area contributed by atoms with Crippen LogP contribution in [-0.2, 0) is 0 Å². The van der Waals surface area contributed by atoms with E-state index >= 15 is 0 Å². The van der Waals surface area contributed by atoms with E-state index < -0.39 is 0 Å². The van der Waals surface area contributed by atoms with Crippen molar-refractivity contribution in [2.75, 3.05) is 7.11 Å². The Morgan fingerprint density at radius 3 is 2.08 bits per heavy atom. The number of hydrogen-bond acceptors (Lipinski definition) is 2. The Bertz CT molecular complexity index is 269. The largest absolute Gasteiger partial charge is 0.495 e. The minimum Gasteiger partial charge on any atom is -0.495 e. The van der Waals surface area contributed by atoms with Gasteiger partial charge in [-0.1, -0.05) is 13.8 Å². The summed E-state index contributed by atoms with van der Waals surface area (Å²) < 4.78 is 5.12. The monoisotopic (exact) mass is 181 g/mol. The van der Waals surface area contributed by atoms with Crippen molar-refractivity contribution in [1.29, 1.82) is 0 Å². The fourth-order valence-corrected chi connectivity index (χ4v) is 1.01. The molecule has 1 heterocycles. The van der Waals surface area contributed by atoms with Gasteiger partial charge in [0.1, 0.15) is 5.75 Å². The number of rotatable bonds is 1. The van der Waals surface area contributed by atoms with Gasteiger partial charge >= 0.3 is 0 Å². The Labute approximate surface area is 81.0 Å². The summed E-state index contributed by atoms with van der Waals surface area (Å²) in [6.07, 6.45) is 1.76. The van der Waals surface area contributed by atoms with Crippen LogP contribution in [0.4, 0.5) is 0 Å². The minimum absolute atomic E-state index is 0.869. The smallest absolute Gasteiger partial charge is 0.140 e. The van der Waals surface area contributed by atoms with E-state index in [9.17, 15) is 0 Å². The Morgan fingerprint density at radius 2 is 1.62 bits per heavy atom. The minimum atomic E-state index is 0.869. The van der Waals surface area contributed by atoms with E-state index in [1.165, 1.54) is 11.1 Å². The average Bonchev–Trinajstić information content (AvgIpc) is 2.18. The molecule has 2 heteroatoms. The molecule has 0 bridgehead atoms. The number of methoxy groups -OCH3 is 1. The molecule has 0 aromatic carbocycles. The van der Waals surface area contributed by atoms with E-state index in [4.69, 9.17) is 4.74 Å². The van der Waals surface area contributed by atoms with Crippen LogP contribution in [0.2, 0.25) is 0 Å². The second-order valence-electron chi connectivity index (χ2n) is 2.66. The third kappa shape index (κ3) is 2.72. The zero-order chi connectivity index (χ0) is 10.4. The Balaban J connectivity index is 0.000000671. The first kappa shape index (κ1) is 11.9. The van der Waals surface area contributed by atoms with Crippen molar-refractivity contribution in [1.82, 2.24) is 4.98 Å². The summed E-state index contributed by atoms with van der Waals surface area (Å²) in [5.41, 5.74) is 3.47. The molecule has 0 aliphatic rings. The summed E-state index contributed by atoms with van der Waals surface area (Å²) in [5, 5.41) is 0. The first-order chi connectivity index (χ1) is 6.16. The molecule has 0 N–H and O–H groups in total. The molecule has 0 unspecified atom stereocenters. The maximum absolute atomic E-state index is 5.12. The molecular formula is C11H19NO.